The van der Waals surface area contributed by atoms with E-state index in [0.717, 1.165) is 64.4 Å². The molecule has 2 atom stereocenters. The fourth-order valence-corrected chi connectivity index (χ4v) is 5.65. The molecule has 2 fully saturated rings. The number of amides is 1. The van der Waals surface area contributed by atoms with E-state index in [9.17, 15) is 4.79 Å². The van der Waals surface area contributed by atoms with Gasteiger partial charge in [0.2, 0.25) is 5.91 Å². The van der Waals surface area contributed by atoms with Crippen molar-refractivity contribution in [1.82, 2.24) is 20.1 Å². The lowest BCUT2D eigenvalue weighted by atomic mass is 9.86. The van der Waals surface area contributed by atoms with Crippen LogP contribution in [0.3, 0.4) is 0 Å². The van der Waals surface area contributed by atoms with Crippen molar-refractivity contribution in [2.24, 2.45) is 5.92 Å². The van der Waals surface area contributed by atoms with Crippen LogP contribution in [0, 0.1) is 5.92 Å². The number of ether oxygens (including phenoxy) is 1. The van der Waals surface area contributed by atoms with Crippen LogP contribution in [-0.4, -0.2) is 79.2 Å². The number of pyridine rings is 1. The van der Waals surface area contributed by atoms with Gasteiger partial charge in [0.1, 0.15) is 5.75 Å². The number of hydrogen-bond acceptors (Lipinski definition) is 6. The second-order valence-corrected chi connectivity index (χ2v) is 10.2. The highest BCUT2D eigenvalue weighted by atomic mass is 16.5. The summed E-state index contributed by atoms with van der Waals surface area (Å²) in [7, 11) is 1.74. The lowest BCUT2D eigenvalue weighted by Crippen LogP contribution is -2.56. The third kappa shape index (κ3) is 6.95. The molecule has 0 saturated carbocycles. The molecule has 0 bridgehead atoms. The maximum atomic E-state index is 12.4. The van der Waals surface area contributed by atoms with Gasteiger partial charge < -0.3 is 15.0 Å². The number of para-hydroxylation sites is 2. The first-order valence-corrected chi connectivity index (χ1v) is 13.1. The van der Waals surface area contributed by atoms with Crippen molar-refractivity contribution in [3.8, 4) is 5.75 Å². The molecule has 7 heteroatoms. The topological polar surface area (TPSA) is 60.9 Å². The molecular formula is C28H41N5O2. The van der Waals surface area contributed by atoms with Crippen LogP contribution in [0.2, 0.25) is 0 Å². The van der Waals surface area contributed by atoms with Crippen LogP contribution in [0.4, 0.5) is 5.69 Å². The van der Waals surface area contributed by atoms with Gasteiger partial charge in [-0.15, -0.1) is 0 Å². The number of rotatable bonds is 9. The van der Waals surface area contributed by atoms with Gasteiger partial charge in [0.05, 0.1) is 12.8 Å². The Bertz CT molecular complexity index is 930. The van der Waals surface area contributed by atoms with E-state index in [1.54, 1.807) is 7.11 Å². The summed E-state index contributed by atoms with van der Waals surface area (Å²) in [4.78, 5) is 24.4. The zero-order valence-corrected chi connectivity index (χ0v) is 21.5. The fraction of sp³-hybridized carbons (Fsp3) is 0.571. The second kappa shape index (κ2) is 12.4. The van der Waals surface area contributed by atoms with E-state index in [2.05, 4.69) is 43.2 Å². The maximum absolute atomic E-state index is 12.4. The van der Waals surface area contributed by atoms with Crippen LogP contribution >= 0.6 is 0 Å². The third-order valence-electron chi connectivity index (χ3n) is 7.31. The van der Waals surface area contributed by atoms with Crippen LogP contribution < -0.4 is 15.0 Å². The molecule has 2 saturated heterocycles. The molecule has 2 aliphatic rings. The van der Waals surface area contributed by atoms with Gasteiger partial charge in [0, 0.05) is 70.2 Å². The Kier molecular flexibility index (Phi) is 8.99. The monoisotopic (exact) mass is 479 g/mol. The van der Waals surface area contributed by atoms with Crippen LogP contribution in [0.25, 0.3) is 0 Å². The molecule has 1 amide bonds. The number of carbonyl (C=O) groups excluding carboxylic acids is 1. The van der Waals surface area contributed by atoms with E-state index < -0.39 is 0 Å². The van der Waals surface area contributed by atoms with Crippen molar-refractivity contribution >= 4 is 11.6 Å². The number of carbonyl (C=O) groups is 1. The van der Waals surface area contributed by atoms with Crippen LogP contribution in [0.15, 0.2) is 48.8 Å². The van der Waals surface area contributed by atoms with E-state index in [-0.39, 0.29) is 11.9 Å². The van der Waals surface area contributed by atoms with Crippen molar-refractivity contribution in [3.05, 3.63) is 54.4 Å². The molecule has 0 radical (unpaired) electrons. The number of likely N-dealkylation sites (tertiary alicyclic amines) is 1. The van der Waals surface area contributed by atoms with E-state index in [4.69, 9.17) is 4.74 Å². The molecule has 7 nitrogen and oxygen atoms in total. The Morgan fingerprint density at radius 2 is 1.91 bits per heavy atom. The first-order chi connectivity index (χ1) is 17.0. The zero-order valence-electron chi connectivity index (χ0n) is 21.5. The van der Waals surface area contributed by atoms with Gasteiger partial charge in [-0.1, -0.05) is 18.2 Å². The van der Waals surface area contributed by atoms with Gasteiger partial charge in [-0.2, -0.15) is 0 Å². The fourth-order valence-electron chi connectivity index (χ4n) is 5.65. The molecule has 2 aromatic rings. The summed E-state index contributed by atoms with van der Waals surface area (Å²) in [6, 6.07) is 13.2. The lowest BCUT2D eigenvalue weighted by molar-refractivity contribution is -0.122. The minimum atomic E-state index is 0.170. The predicted octanol–water partition coefficient (Wildman–Crippen LogP) is 3.41. The summed E-state index contributed by atoms with van der Waals surface area (Å²) in [6.07, 6.45) is 6.47. The highest BCUT2D eigenvalue weighted by molar-refractivity contribution is 5.76. The highest BCUT2D eigenvalue weighted by Gasteiger charge is 2.35. The first-order valence-electron chi connectivity index (χ1n) is 13.1. The van der Waals surface area contributed by atoms with E-state index in [0.29, 0.717) is 18.4 Å². The number of piperidine rings is 1. The van der Waals surface area contributed by atoms with Crippen molar-refractivity contribution < 1.29 is 9.53 Å². The number of nitrogens with zero attached hydrogens (tertiary/aromatic N) is 4. The smallest absolute Gasteiger partial charge is 0.220 e. The lowest BCUT2D eigenvalue weighted by Gasteiger charge is -2.47. The molecule has 35 heavy (non-hydrogen) atoms. The third-order valence-corrected chi connectivity index (χ3v) is 7.31. The number of anilines is 1. The Balaban J connectivity index is 1.39. The summed E-state index contributed by atoms with van der Waals surface area (Å²) >= 11 is 0. The molecule has 190 valence electrons. The normalized spacial score (nSPS) is 21.8. The Labute approximate surface area is 210 Å². The molecule has 0 unspecified atom stereocenters. The van der Waals surface area contributed by atoms with Gasteiger partial charge in [0.25, 0.3) is 0 Å². The van der Waals surface area contributed by atoms with Crippen LogP contribution in [0.1, 0.15) is 38.7 Å². The number of piperazine rings is 1. The van der Waals surface area contributed by atoms with Crippen LogP contribution in [-0.2, 0) is 11.3 Å². The van der Waals surface area contributed by atoms with Crippen molar-refractivity contribution in [2.45, 2.75) is 51.7 Å². The Morgan fingerprint density at radius 1 is 1.11 bits per heavy atom. The average molecular weight is 480 g/mol. The number of hydrogen-bond donors (Lipinski definition) is 1. The van der Waals surface area contributed by atoms with Gasteiger partial charge in [-0.3, -0.25) is 19.6 Å². The largest absolute Gasteiger partial charge is 0.495 e. The molecule has 1 aromatic heterocycles. The zero-order chi connectivity index (χ0) is 24.6. The SMILES string of the molecule is COc1ccccc1N1CCN([C@H]2CCN(Cc3cccnc3)C[C@H]2CCC(=O)NC(C)C)CC1. The summed E-state index contributed by atoms with van der Waals surface area (Å²) in [5.41, 5.74) is 2.44. The minimum Gasteiger partial charge on any atom is -0.495 e. The molecule has 2 aliphatic heterocycles. The summed E-state index contributed by atoms with van der Waals surface area (Å²) < 4.78 is 5.60. The summed E-state index contributed by atoms with van der Waals surface area (Å²) in [5, 5.41) is 3.07. The number of benzene rings is 1. The summed E-state index contributed by atoms with van der Waals surface area (Å²) in [5.74, 6) is 1.60. The molecule has 4 rings (SSSR count). The number of nitrogens with one attached hydrogen (secondary N) is 1. The second-order valence-electron chi connectivity index (χ2n) is 10.2. The van der Waals surface area contributed by atoms with Gasteiger partial charge in [0.15, 0.2) is 0 Å². The molecule has 0 aliphatic carbocycles. The molecule has 1 aromatic carbocycles. The quantitative estimate of drug-likeness (QED) is 0.595. The Hall–Kier alpha value is -2.64. The molecule has 1 N–H and O–H groups in total. The summed E-state index contributed by atoms with van der Waals surface area (Å²) in [6.45, 7) is 11.2. The van der Waals surface area contributed by atoms with E-state index in [1.807, 2.05) is 44.4 Å². The number of aromatic nitrogens is 1. The average Bonchev–Trinajstić information content (AvgIpc) is 2.88. The van der Waals surface area contributed by atoms with Gasteiger partial charge in [-0.25, -0.2) is 0 Å². The first kappa shape index (κ1) is 25.5. The van der Waals surface area contributed by atoms with Crippen LogP contribution in [0.5, 0.6) is 5.75 Å². The van der Waals surface area contributed by atoms with Gasteiger partial charge >= 0.3 is 0 Å². The maximum Gasteiger partial charge on any atom is 0.220 e. The molecule has 3 heterocycles. The molecule has 0 spiro atoms. The van der Waals surface area contributed by atoms with Crippen molar-refractivity contribution in [1.29, 1.82) is 0 Å². The standard InChI is InChI=1S/C28H41N5O2/c1-22(2)30-28(34)11-10-24-21-31(20-23-7-6-13-29-19-23)14-12-25(24)32-15-17-33(18-16-32)26-8-4-5-9-27(26)35-3/h4-9,13,19,22,24-25H,10-12,14-18,20-21H2,1-3H3,(H,30,34)/t24-,25+/m1/s1. The highest BCUT2D eigenvalue weighted by Crippen LogP contribution is 2.31. The molecular weight excluding hydrogens is 438 g/mol. The van der Waals surface area contributed by atoms with E-state index in [1.165, 1.54) is 11.3 Å². The number of methoxy groups -OCH3 is 1. The predicted molar refractivity (Wildman–Crippen MR) is 141 cm³/mol. The minimum absolute atomic E-state index is 0.170. The van der Waals surface area contributed by atoms with Gasteiger partial charge in [-0.05, 0) is 62.9 Å². The Morgan fingerprint density at radius 3 is 2.63 bits per heavy atom. The van der Waals surface area contributed by atoms with E-state index >= 15 is 0 Å². The van der Waals surface area contributed by atoms with Crippen molar-refractivity contribution in [3.63, 3.8) is 0 Å². The van der Waals surface area contributed by atoms with Crippen molar-refractivity contribution in [2.75, 3.05) is 51.3 Å².